The van der Waals surface area contributed by atoms with Crippen LogP contribution in [0.25, 0.3) is 0 Å². The first-order valence-electron chi connectivity index (χ1n) is 5.06. The van der Waals surface area contributed by atoms with E-state index in [1.807, 2.05) is 30.3 Å². The molecule has 0 aliphatic carbocycles. The van der Waals surface area contributed by atoms with E-state index in [-0.39, 0.29) is 10.9 Å². The van der Waals surface area contributed by atoms with Gasteiger partial charge in [0.2, 0.25) is 5.91 Å². The van der Waals surface area contributed by atoms with Crippen LogP contribution >= 0.6 is 12.2 Å². The van der Waals surface area contributed by atoms with Gasteiger partial charge in [-0.15, -0.1) is 0 Å². The first kappa shape index (κ1) is 12.6. The van der Waals surface area contributed by atoms with Gasteiger partial charge in [-0.3, -0.25) is 4.79 Å². The second-order valence-electron chi connectivity index (χ2n) is 3.88. The summed E-state index contributed by atoms with van der Waals surface area (Å²) in [6.07, 6.45) is 0.563. The molecular formula is C12H16N2OS. The molecule has 0 fully saturated rings. The summed E-state index contributed by atoms with van der Waals surface area (Å²) in [4.78, 5) is 13.6. The Morgan fingerprint density at radius 1 is 1.38 bits per heavy atom. The zero-order valence-electron chi connectivity index (χ0n) is 9.51. The highest BCUT2D eigenvalue weighted by molar-refractivity contribution is 7.80. The maximum absolute atomic E-state index is 11.8. The number of nitrogens with zero attached hydrogens (tertiary/aromatic N) is 1. The molecule has 0 saturated heterocycles. The summed E-state index contributed by atoms with van der Waals surface area (Å²) in [6, 6.07) is 9.74. The number of carbonyl (C=O) groups excluding carboxylic acids is 1. The van der Waals surface area contributed by atoms with Crippen molar-refractivity contribution in [2.45, 2.75) is 6.42 Å². The number of thiocarbonyl (C=S) groups is 1. The predicted octanol–water partition coefficient (Wildman–Crippen LogP) is 1.22. The molecule has 3 nitrogen and oxygen atoms in total. The highest BCUT2D eigenvalue weighted by atomic mass is 32.1. The van der Waals surface area contributed by atoms with E-state index in [9.17, 15) is 4.79 Å². The molecule has 1 amide bonds. The first-order chi connectivity index (χ1) is 7.52. The summed E-state index contributed by atoms with van der Waals surface area (Å²) in [5, 5.41) is 0. The molecular weight excluding hydrogens is 220 g/mol. The van der Waals surface area contributed by atoms with Gasteiger partial charge in [-0.1, -0.05) is 42.5 Å². The standard InChI is InChI=1S/C12H16N2OS/c1-14(2)12(15)10(11(13)16)8-9-6-4-3-5-7-9/h3-7,10H,8H2,1-2H3,(H2,13,16). The molecule has 0 aliphatic heterocycles. The number of hydrogen-bond acceptors (Lipinski definition) is 2. The van der Waals surface area contributed by atoms with E-state index in [4.69, 9.17) is 18.0 Å². The third-order valence-electron chi connectivity index (χ3n) is 2.36. The largest absolute Gasteiger partial charge is 0.393 e. The molecule has 1 aromatic rings. The van der Waals surface area contributed by atoms with Crippen LogP contribution in [0.1, 0.15) is 5.56 Å². The van der Waals surface area contributed by atoms with Crippen LogP contribution in [-0.4, -0.2) is 29.9 Å². The van der Waals surface area contributed by atoms with Gasteiger partial charge in [-0.2, -0.15) is 0 Å². The number of carbonyl (C=O) groups is 1. The highest BCUT2D eigenvalue weighted by Gasteiger charge is 2.23. The molecule has 0 spiro atoms. The number of hydrogen-bond donors (Lipinski definition) is 1. The van der Waals surface area contributed by atoms with Crippen LogP contribution in [0.2, 0.25) is 0 Å². The second-order valence-corrected chi connectivity index (χ2v) is 4.35. The molecule has 0 aromatic heterocycles. The Balaban J connectivity index is 2.81. The fourth-order valence-electron chi connectivity index (χ4n) is 1.47. The Bertz CT molecular complexity index is 376. The van der Waals surface area contributed by atoms with Crippen LogP contribution in [0, 0.1) is 5.92 Å². The fourth-order valence-corrected chi connectivity index (χ4v) is 1.66. The quantitative estimate of drug-likeness (QED) is 0.800. The van der Waals surface area contributed by atoms with Gasteiger partial charge in [0.1, 0.15) is 0 Å². The molecule has 1 rings (SSSR count). The Morgan fingerprint density at radius 2 is 1.94 bits per heavy atom. The van der Waals surface area contributed by atoms with Gasteiger partial charge >= 0.3 is 0 Å². The molecule has 0 radical (unpaired) electrons. The number of benzene rings is 1. The average Bonchev–Trinajstić information content (AvgIpc) is 2.26. The Labute approximate surface area is 101 Å². The minimum Gasteiger partial charge on any atom is -0.393 e. The van der Waals surface area contributed by atoms with E-state index in [0.717, 1.165) is 5.56 Å². The van der Waals surface area contributed by atoms with Gasteiger partial charge < -0.3 is 10.6 Å². The van der Waals surface area contributed by atoms with Crippen molar-refractivity contribution >= 4 is 23.1 Å². The third kappa shape index (κ3) is 3.31. The minimum absolute atomic E-state index is 0.0450. The second kappa shape index (κ2) is 5.61. The van der Waals surface area contributed by atoms with Crippen molar-refractivity contribution in [1.82, 2.24) is 4.90 Å². The van der Waals surface area contributed by atoms with Crippen molar-refractivity contribution in [1.29, 1.82) is 0 Å². The average molecular weight is 236 g/mol. The fraction of sp³-hybridized carbons (Fsp3) is 0.333. The maximum Gasteiger partial charge on any atom is 0.232 e. The maximum atomic E-state index is 11.8. The molecule has 0 aliphatic rings. The molecule has 1 unspecified atom stereocenters. The van der Waals surface area contributed by atoms with Crippen molar-refractivity contribution in [3.63, 3.8) is 0 Å². The van der Waals surface area contributed by atoms with Gasteiger partial charge in [0.25, 0.3) is 0 Å². The predicted molar refractivity (Wildman–Crippen MR) is 69.1 cm³/mol. The number of rotatable bonds is 4. The van der Waals surface area contributed by atoms with Crippen molar-refractivity contribution < 1.29 is 4.79 Å². The summed E-state index contributed by atoms with van der Waals surface area (Å²) in [6.45, 7) is 0. The van der Waals surface area contributed by atoms with E-state index < -0.39 is 5.92 Å². The molecule has 1 aromatic carbocycles. The first-order valence-corrected chi connectivity index (χ1v) is 5.47. The lowest BCUT2D eigenvalue weighted by Crippen LogP contribution is -2.38. The van der Waals surface area contributed by atoms with E-state index in [1.54, 1.807) is 14.1 Å². The summed E-state index contributed by atoms with van der Waals surface area (Å²) in [5.41, 5.74) is 6.67. The van der Waals surface area contributed by atoms with Crippen LogP contribution in [0.15, 0.2) is 30.3 Å². The Morgan fingerprint density at radius 3 is 2.38 bits per heavy atom. The van der Waals surface area contributed by atoms with Crippen molar-refractivity contribution in [3.05, 3.63) is 35.9 Å². The summed E-state index contributed by atoms with van der Waals surface area (Å²) in [5.74, 6) is -0.455. The van der Waals surface area contributed by atoms with Gasteiger partial charge in [0.05, 0.1) is 10.9 Å². The molecule has 4 heteroatoms. The summed E-state index contributed by atoms with van der Waals surface area (Å²) >= 11 is 4.94. The number of amides is 1. The van der Waals surface area contributed by atoms with Crippen LogP contribution in [0.4, 0.5) is 0 Å². The monoisotopic (exact) mass is 236 g/mol. The third-order valence-corrected chi connectivity index (χ3v) is 2.65. The minimum atomic E-state index is -0.410. The lowest BCUT2D eigenvalue weighted by Gasteiger charge is -2.19. The van der Waals surface area contributed by atoms with Crippen molar-refractivity contribution in [2.24, 2.45) is 11.7 Å². The van der Waals surface area contributed by atoms with E-state index in [1.165, 1.54) is 4.90 Å². The SMILES string of the molecule is CN(C)C(=O)C(Cc1ccccc1)C(N)=S. The zero-order chi connectivity index (χ0) is 12.1. The van der Waals surface area contributed by atoms with Crippen LogP contribution in [0.3, 0.4) is 0 Å². The lowest BCUT2D eigenvalue weighted by atomic mass is 9.98. The zero-order valence-corrected chi connectivity index (χ0v) is 10.3. The van der Waals surface area contributed by atoms with Gasteiger partial charge in [0, 0.05) is 14.1 Å². The van der Waals surface area contributed by atoms with E-state index in [2.05, 4.69) is 0 Å². The number of nitrogens with two attached hydrogens (primary N) is 1. The van der Waals surface area contributed by atoms with Crippen LogP contribution in [-0.2, 0) is 11.2 Å². The summed E-state index contributed by atoms with van der Waals surface area (Å²) in [7, 11) is 3.41. The van der Waals surface area contributed by atoms with Crippen molar-refractivity contribution in [3.8, 4) is 0 Å². The molecule has 0 saturated carbocycles. The molecule has 86 valence electrons. The van der Waals surface area contributed by atoms with E-state index >= 15 is 0 Å². The Kier molecular flexibility index (Phi) is 4.43. The summed E-state index contributed by atoms with van der Waals surface area (Å²) < 4.78 is 0. The topological polar surface area (TPSA) is 46.3 Å². The van der Waals surface area contributed by atoms with Gasteiger partial charge in [-0.05, 0) is 12.0 Å². The van der Waals surface area contributed by atoms with E-state index in [0.29, 0.717) is 6.42 Å². The normalized spacial score (nSPS) is 11.9. The highest BCUT2D eigenvalue weighted by Crippen LogP contribution is 2.11. The molecule has 2 N–H and O–H groups in total. The van der Waals surface area contributed by atoms with Crippen molar-refractivity contribution in [2.75, 3.05) is 14.1 Å². The van der Waals surface area contributed by atoms with Gasteiger partial charge in [-0.25, -0.2) is 0 Å². The lowest BCUT2D eigenvalue weighted by molar-refractivity contribution is -0.130. The van der Waals surface area contributed by atoms with Crippen LogP contribution in [0.5, 0.6) is 0 Å². The van der Waals surface area contributed by atoms with Crippen LogP contribution < -0.4 is 5.73 Å². The molecule has 0 heterocycles. The molecule has 0 bridgehead atoms. The Hall–Kier alpha value is -1.42. The van der Waals surface area contributed by atoms with Gasteiger partial charge in [0.15, 0.2) is 0 Å². The molecule has 1 atom stereocenters. The molecule has 16 heavy (non-hydrogen) atoms. The smallest absolute Gasteiger partial charge is 0.232 e.